The lowest BCUT2D eigenvalue weighted by atomic mass is 10.1. The van der Waals surface area contributed by atoms with E-state index in [2.05, 4.69) is 84.8 Å². The molecule has 0 saturated carbocycles. The molecule has 1 aromatic heterocycles. The van der Waals surface area contributed by atoms with E-state index in [0.29, 0.717) is 11.4 Å². The summed E-state index contributed by atoms with van der Waals surface area (Å²) in [4.78, 5) is 12.9. The number of hydrogen-bond donors (Lipinski definition) is 1. The van der Waals surface area contributed by atoms with Crippen LogP contribution in [-0.4, -0.2) is 20.7 Å². The first-order valence-corrected chi connectivity index (χ1v) is 12.5. The Balaban J connectivity index is 1.60. The van der Waals surface area contributed by atoms with E-state index in [-0.39, 0.29) is 11.9 Å². The van der Waals surface area contributed by atoms with Gasteiger partial charge in [0.25, 0.3) is 5.91 Å². The molecule has 174 valence electrons. The van der Waals surface area contributed by atoms with E-state index >= 15 is 0 Å². The van der Waals surface area contributed by atoms with Crippen molar-refractivity contribution in [2.24, 2.45) is 0 Å². The fourth-order valence-electron chi connectivity index (χ4n) is 3.78. The van der Waals surface area contributed by atoms with Crippen LogP contribution >= 0.6 is 11.8 Å². The number of rotatable bonds is 8. The molecule has 6 heteroatoms. The Morgan fingerprint density at radius 2 is 1.68 bits per heavy atom. The second-order valence-corrected chi connectivity index (χ2v) is 9.48. The second-order valence-electron chi connectivity index (χ2n) is 8.54. The maximum absolute atomic E-state index is 12.9. The van der Waals surface area contributed by atoms with E-state index in [1.165, 1.54) is 22.3 Å². The van der Waals surface area contributed by atoms with Crippen molar-refractivity contribution in [3.8, 4) is 5.69 Å². The SMILES string of the molecule is CCc1ccc(C(=O)NC(C)c2nnc(SCc3cccc(C)c3)n2-c2ccc(C)cc2)cc1. The molecule has 0 aliphatic rings. The van der Waals surface area contributed by atoms with Crippen LogP contribution in [0.15, 0.2) is 78.0 Å². The fourth-order valence-corrected chi connectivity index (χ4v) is 4.68. The minimum absolute atomic E-state index is 0.123. The standard InChI is InChI=1S/C28H30N4OS/c1-5-22-11-13-24(14-12-22)27(33)29-21(4)26-30-31-28(32(26)25-15-9-19(2)10-16-25)34-18-23-8-6-7-20(3)17-23/h6-17,21H,5,18H2,1-4H3,(H,29,33). The third-order valence-corrected chi connectivity index (χ3v) is 6.76. The van der Waals surface area contributed by atoms with Crippen LogP contribution in [0.5, 0.6) is 0 Å². The Morgan fingerprint density at radius 1 is 0.941 bits per heavy atom. The van der Waals surface area contributed by atoms with E-state index in [0.717, 1.165) is 23.0 Å². The van der Waals surface area contributed by atoms with Crippen LogP contribution in [0.4, 0.5) is 0 Å². The van der Waals surface area contributed by atoms with Crippen LogP contribution in [-0.2, 0) is 12.2 Å². The van der Waals surface area contributed by atoms with Gasteiger partial charge in [0.15, 0.2) is 11.0 Å². The molecule has 4 rings (SSSR count). The molecule has 0 bridgehead atoms. The van der Waals surface area contributed by atoms with Gasteiger partial charge in [-0.1, -0.05) is 78.3 Å². The lowest BCUT2D eigenvalue weighted by molar-refractivity contribution is 0.0938. The van der Waals surface area contributed by atoms with E-state index < -0.39 is 0 Å². The summed E-state index contributed by atoms with van der Waals surface area (Å²) in [6.07, 6.45) is 0.945. The number of amides is 1. The molecule has 1 atom stereocenters. The Kier molecular flexibility index (Phi) is 7.48. The largest absolute Gasteiger partial charge is 0.342 e. The summed E-state index contributed by atoms with van der Waals surface area (Å²) in [6.45, 7) is 8.21. The van der Waals surface area contributed by atoms with Crippen molar-refractivity contribution in [1.82, 2.24) is 20.1 Å². The molecular formula is C28H30N4OS. The first-order valence-electron chi connectivity index (χ1n) is 11.5. The van der Waals surface area contributed by atoms with Gasteiger partial charge in [-0.2, -0.15) is 0 Å². The summed E-state index contributed by atoms with van der Waals surface area (Å²) in [6, 6.07) is 24.2. The van der Waals surface area contributed by atoms with Crippen molar-refractivity contribution in [2.45, 2.75) is 51.1 Å². The number of nitrogens with zero attached hydrogens (tertiary/aromatic N) is 3. The van der Waals surface area contributed by atoms with Gasteiger partial charge in [0.2, 0.25) is 0 Å². The molecule has 1 heterocycles. The molecule has 0 aliphatic carbocycles. The van der Waals surface area contributed by atoms with Gasteiger partial charge in [0, 0.05) is 17.0 Å². The fraction of sp³-hybridized carbons (Fsp3) is 0.250. The lowest BCUT2D eigenvalue weighted by Crippen LogP contribution is -2.28. The average molecular weight is 471 g/mol. The zero-order valence-electron chi connectivity index (χ0n) is 20.1. The molecule has 5 nitrogen and oxygen atoms in total. The molecule has 4 aromatic rings. The van der Waals surface area contributed by atoms with Crippen molar-refractivity contribution < 1.29 is 4.79 Å². The molecule has 34 heavy (non-hydrogen) atoms. The molecule has 0 spiro atoms. The quantitative estimate of drug-likeness (QED) is 0.310. The maximum atomic E-state index is 12.9. The number of hydrogen-bond acceptors (Lipinski definition) is 4. The number of carbonyl (C=O) groups excluding carboxylic acids is 1. The molecule has 3 aromatic carbocycles. The monoisotopic (exact) mass is 470 g/mol. The molecule has 0 saturated heterocycles. The van der Waals surface area contributed by atoms with Crippen LogP contribution in [0, 0.1) is 13.8 Å². The van der Waals surface area contributed by atoms with Gasteiger partial charge >= 0.3 is 0 Å². The van der Waals surface area contributed by atoms with Gasteiger partial charge in [-0.3, -0.25) is 9.36 Å². The van der Waals surface area contributed by atoms with Crippen LogP contribution in [0.25, 0.3) is 5.69 Å². The molecule has 1 N–H and O–H groups in total. The number of aromatic nitrogens is 3. The zero-order valence-corrected chi connectivity index (χ0v) is 20.9. The average Bonchev–Trinajstić information content (AvgIpc) is 3.27. The first-order chi connectivity index (χ1) is 16.4. The highest BCUT2D eigenvalue weighted by Gasteiger charge is 2.21. The van der Waals surface area contributed by atoms with Gasteiger partial charge in [0.05, 0.1) is 6.04 Å². The highest BCUT2D eigenvalue weighted by atomic mass is 32.2. The van der Waals surface area contributed by atoms with Gasteiger partial charge < -0.3 is 5.32 Å². The summed E-state index contributed by atoms with van der Waals surface area (Å²) in [5.74, 6) is 1.37. The molecule has 0 radical (unpaired) electrons. The number of nitrogens with one attached hydrogen (secondary N) is 1. The minimum atomic E-state index is -0.319. The molecule has 0 aliphatic heterocycles. The van der Waals surface area contributed by atoms with Crippen molar-refractivity contribution in [3.63, 3.8) is 0 Å². The molecular weight excluding hydrogens is 440 g/mol. The predicted molar refractivity (Wildman–Crippen MR) is 139 cm³/mol. The van der Waals surface area contributed by atoms with E-state index in [1.54, 1.807) is 11.8 Å². The van der Waals surface area contributed by atoms with E-state index in [1.807, 2.05) is 35.8 Å². The Labute approximate surface area is 205 Å². The first kappa shape index (κ1) is 23.8. The van der Waals surface area contributed by atoms with Crippen LogP contribution in [0.3, 0.4) is 0 Å². The number of benzene rings is 3. The third-order valence-electron chi connectivity index (χ3n) is 5.76. The minimum Gasteiger partial charge on any atom is -0.342 e. The molecule has 0 fully saturated rings. The van der Waals surface area contributed by atoms with Gasteiger partial charge in [0.1, 0.15) is 0 Å². The van der Waals surface area contributed by atoms with Crippen molar-refractivity contribution in [3.05, 3.63) is 106 Å². The third kappa shape index (κ3) is 5.57. The highest BCUT2D eigenvalue weighted by molar-refractivity contribution is 7.98. The zero-order chi connectivity index (χ0) is 24.1. The number of aryl methyl sites for hydroxylation is 3. The van der Waals surface area contributed by atoms with Crippen molar-refractivity contribution >= 4 is 17.7 Å². The van der Waals surface area contributed by atoms with Crippen LogP contribution < -0.4 is 5.32 Å². The van der Waals surface area contributed by atoms with E-state index in [4.69, 9.17) is 0 Å². The predicted octanol–water partition coefficient (Wildman–Crippen LogP) is 6.23. The summed E-state index contributed by atoms with van der Waals surface area (Å²) in [5, 5.41) is 12.9. The van der Waals surface area contributed by atoms with Crippen molar-refractivity contribution in [2.75, 3.05) is 0 Å². The smallest absolute Gasteiger partial charge is 0.251 e. The van der Waals surface area contributed by atoms with Crippen LogP contribution in [0.2, 0.25) is 0 Å². The topological polar surface area (TPSA) is 59.8 Å². The summed E-state index contributed by atoms with van der Waals surface area (Å²) >= 11 is 1.64. The van der Waals surface area contributed by atoms with Gasteiger partial charge in [-0.25, -0.2) is 0 Å². The molecule has 1 amide bonds. The Hall–Kier alpha value is -3.38. The lowest BCUT2D eigenvalue weighted by Gasteiger charge is -2.17. The molecule has 1 unspecified atom stereocenters. The summed E-state index contributed by atoms with van der Waals surface area (Å²) in [7, 11) is 0. The van der Waals surface area contributed by atoms with Crippen molar-refractivity contribution in [1.29, 1.82) is 0 Å². The summed E-state index contributed by atoms with van der Waals surface area (Å²) < 4.78 is 2.05. The maximum Gasteiger partial charge on any atom is 0.251 e. The highest BCUT2D eigenvalue weighted by Crippen LogP contribution is 2.28. The number of carbonyl (C=O) groups is 1. The van der Waals surface area contributed by atoms with Gasteiger partial charge in [-0.05, 0) is 62.6 Å². The van der Waals surface area contributed by atoms with E-state index in [9.17, 15) is 4.79 Å². The van der Waals surface area contributed by atoms with Crippen LogP contribution in [0.1, 0.15) is 58.3 Å². The van der Waals surface area contributed by atoms with Gasteiger partial charge in [-0.15, -0.1) is 10.2 Å². The Bertz CT molecular complexity index is 1260. The number of thioether (sulfide) groups is 1. The normalized spacial score (nSPS) is 11.9. The Morgan fingerprint density at radius 3 is 2.35 bits per heavy atom. The summed E-state index contributed by atoms with van der Waals surface area (Å²) in [5.41, 5.74) is 6.48. The second kappa shape index (κ2) is 10.7.